The van der Waals surface area contributed by atoms with Crippen molar-refractivity contribution in [2.24, 2.45) is 0 Å². The number of ether oxygens (including phenoxy) is 1. The molecule has 1 saturated carbocycles. The number of aliphatic carboxylic acids is 1. The van der Waals surface area contributed by atoms with Crippen LogP contribution in [0.25, 0.3) is 0 Å². The molecule has 4 rings (SSSR count). The van der Waals surface area contributed by atoms with Crippen LogP contribution in [0, 0.1) is 0 Å². The number of benzene rings is 2. The summed E-state index contributed by atoms with van der Waals surface area (Å²) >= 11 is 12.7. The zero-order chi connectivity index (χ0) is 25.5. The van der Waals surface area contributed by atoms with Gasteiger partial charge in [0.25, 0.3) is 5.91 Å². The molecular formula is C24H26Cl2N2O6S. The molecule has 0 saturated heterocycles. The summed E-state index contributed by atoms with van der Waals surface area (Å²) in [5.74, 6) is -2.27. The van der Waals surface area contributed by atoms with Crippen molar-refractivity contribution in [2.75, 3.05) is 13.4 Å². The molecule has 1 heterocycles. The first-order valence-electron chi connectivity index (χ1n) is 11.2. The van der Waals surface area contributed by atoms with Gasteiger partial charge in [-0.15, -0.1) is 0 Å². The van der Waals surface area contributed by atoms with Crippen molar-refractivity contribution >= 4 is 45.1 Å². The van der Waals surface area contributed by atoms with Gasteiger partial charge in [-0.05, 0) is 54.3 Å². The van der Waals surface area contributed by atoms with Gasteiger partial charge in [0.15, 0.2) is 0 Å². The molecule has 8 nitrogen and oxygen atoms in total. The van der Waals surface area contributed by atoms with Gasteiger partial charge in [0.2, 0.25) is 10.0 Å². The Balaban J connectivity index is 1.95. The molecule has 0 unspecified atom stereocenters. The third-order valence-electron chi connectivity index (χ3n) is 6.67. The highest BCUT2D eigenvalue weighted by atomic mass is 35.5. The molecule has 1 fully saturated rings. The highest BCUT2D eigenvalue weighted by Gasteiger charge is 2.49. The Labute approximate surface area is 214 Å². The number of methoxy groups -OCH3 is 1. The molecule has 0 bridgehead atoms. The molecule has 188 valence electrons. The zero-order valence-electron chi connectivity index (χ0n) is 19.2. The average molecular weight is 541 g/mol. The highest BCUT2D eigenvalue weighted by molar-refractivity contribution is 7.88. The summed E-state index contributed by atoms with van der Waals surface area (Å²) in [6.45, 7) is 0. The number of nitrogens with zero attached hydrogens (tertiary/aromatic N) is 1. The summed E-state index contributed by atoms with van der Waals surface area (Å²) in [5.41, 5.74) is 0.981. The van der Waals surface area contributed by atoms with Gasteiger partial charge in [0.1, 0.15) is 11.7 Å². The van der Waals surface area contributed by atoms with Crippen LogP contribution in [0.5, 0.6) is 5.75 Å². The number of halogens is 2. The summed E-state index contributed by atoms with van der Waals surface area (Å²) in [7, 11) is -2.11. The molecule has 1 aliphatic carbocycles. The number of sulfonamides is 1. The Morgan fingerprint density at radius 3 is 2.46 bits per heavy atom. The summed E-state index contributed by atoms with van der Waals surface area (Å²) < 4.78 is 32.2. The molecule has 1 amide bonds. The summed E-state index contributed by atoms with van der Waals surface area (Å²) in [4.78, 5) is 28.3. The lowest BCUT2D eigenvalue weighted by atomic mass is 9.77. The Hall–Kier alpha value is -2.33. The van der Waals surface area contributed by atoms with Crippen LogP contribution in [0.3, 0.4) is 0 Å². The maximum atomic E-state index is 14.0. The smallest absolute Gasteiger partial charge is 0.313 e. The van der Waals surface area contributed by atoms with Crippen LogP contribution in [0.2, 0.25) is 10.0 Å². The fraction of sp³-hybridized carbons (Fsp3) is 0.417. The molecule has 0 aromatic heterocycles. The number of hydrogen-bond donors (Lipinski definition) is 2. The standard InChI is InChI=1S/C24H26Cl2N2O6S/c1-34-14-8-10-15-17(12-14)21(24(30)31)22(16-9-7-13(25)11-18(16)26)28(23(15)29)20-6-4-3-5-19(20)27-35(2,32)33/h7-12,19-22,27H,3-6H2,1-2H3,(H,30,31)/t19-,20-,21+,22-/m0/s1. The van der Waals surface area contributed by atoms with Crippen LogP contribution in [0.4, 0.5) is 0 Å². The largest absolute Gasteiger partial charge is 0.497 e. The van der Waals surface area contributed by atoms with E-state index in [-0.39, 0.29) is 16.5 Å². The second kappa shape index (κ2) is 9.97. The number of carboxylic acid groups (broad SMARTS) is 1. The number of rotatable bonds is 6. The quantitative estimate of drug-likeness (QED) is 0.566. The van der Waals surface area contributed by atoms with Crippen molar-refractivity contribution in [1.29, 1.82) is 0 Å². The van der Waals surface area contributed by atoms with Crippen molar-refractivity contribution in [2.45, 2.75) is 49.7 Å². The molecule has 2 aromatic carbocycles. The minimum Gasteiger partial charge on any atom is -0.497 e. The third-order valence-corrected chi connectivity index (χ3v) is 7.97. The summed E-state index contributed by atoms with van der Waals surface area (Å²) in [5, 5.41) is 11.0. The van der Waals surface area contributed by atoms with Gasteiger partial charge in [0, 0.05) is 27.7 Å². The van der Waals surface area contributed by atoms with Gasteiger partial charge < -0.3 is 14.7 Å². The maximum Gasteiger partial charge on any atom is 0.313 e. The molecule has 11 heteroatoms. The van der Waals surface area contributed by atoms with Crippen LogP contribution in [0.15, 0.2) is 36.4 Å². The lowest BCUT2D eigenvalue weighted by molar-refractivity contribution is -0.141. The molecule has 1 aliphatic heterocycles. The molecule has 35 heavy (non-hydrogen) atoms. The molecule has 2 N–H and O–H groups in total. The van der Waals surface area contributed by atoms with E-state index in [1.165, 1.54) is 18.1 Å². The Morgan fingerprint density at radius 1 is 1.11 bits per heavy atom. The van der Waals surface area contributed by atoms with Gasteiger partial charge in [0.05, 0.1) is 19.4 Å². The van der Waals surface area contributed by atoms with E-state index >= 15 is 0 Å². The van der Waals surface area contributed by atoms with E-state index < -0.39 is 40.0 Å². The molecule has 2 aromatic rings. The molecule has 4 atom stereocenters. The first-order valence-corrected chi connectivity index (χ1v) is 13.8. The third kappa shape index (κ3) is 5.14. The van der Waals surface area contributed by atoms with Gasteiger partial charge in [-0.3, -0.25) is 9.59 Å². The maximum absolute atomic E-state index is 14.0. The predicted octanol–water partition coefficient (Wildman–Crippen LogP) is 4.23. The van der Waals surface area contributed by atoms with E-state index in [1.54, 1.807) is 30.3 Å². The van der Waals surface area contributed by atoms with Gasteiger partial charge >= 0.3 is 5.97 Å². The number of fused-ring (bicyclic) bond motifs is 1. The van der Waals surface area contributed by atoms with Crippen molar-refractivity contribution in [3.63, 3.8) is 0 Å². The van der Waals surface area contributed by atoms with Crippen LogP contribution < -0.4 is 9.46 Å². The zero-order valence-corrected chi connectivity index (χ0v) is 21.5. The number of amides is 1. The molecule has 0 radical (unpaired) electrons. The Bertz CT molecular complexity index is 1270. The normalized spacial score (nSPS) is 24.7. The van der Waals surface area contributed by atoms with Gasteiger partial charge in [-0.25, -0.2) is 13.1 Å². The van der Waals surface area contributed by atoms with Crippen LogP contribution >= 0.6 is 23.2 Å². The minimum atomic E-state index is -3.57. The van der Waals surface area contributed by atoms with Gasteiger partial charge in [-0.1, -0.05) is 42.1 Å². The number of hydrogen-bond acceptors (Lipinski definition) is 5. The fourth-order valence-corrected chi connectivity index (χ4v) is 6.61. The van der Waals surface area contributed by atoms with Crippen molar-refractivity contribution in [3.8, 4) is 5.75 Å². The number of nitrogens with one attached hydrogen (secondary N) is 1. The first-order chi connectivity index (χ1) is 16.5. The number of carboxylic acids is 1. The van der Waals surface area contributed by atoms with E-state index in [4.69, 9.17) is 27.9 Å². The van der Waals surface area contributed by atoms with E-state index in [1.807, 2.05) is 0 Å². The Morgan fingerprint density at radius 2 is 1.83 bits per heavy atom. The molecular weight excluding hydrogens is 515 g/mol. The number of carbonyl (C=O) groups is 2. The van der Waals surface area contributed by atoms with Crippen LogP contribution in [0.1, 0.15) is 59.1 Å². The summed E-state index contributed by atoms with van der Waals surface area (Å²) in [6.07, 6.45) is 3.67. The van der Waals surface area contributed by atoms with Crippen molar-refractivity contribution in [1.82, 2.24) is 9.62 Å². The topological polar surface area (TPSA) is 113 Å². The monoisotopic (exact) mass is 540 g/mol. The van der Waals surface area contributed by atoms with Crippen molar-refractivity contribution < 1.29 is 27.9 Å². The predicted molar refractivity (Wildman–Crippen MR) is 133 cm³/mol. The van der Waals surface area contributed by atoms with Crippen LogP contribution in [-0.4, -0.2) is 55.7 Å². The minimum absolute atomic E-state index is 0.223. The number of carbonyl (C=O) groups excluding carboxylic acids is 1. The van der Waals surface area contributed by atoms with E-state index in [0.29, 0.717) is 34.7 Å². The van der Waals surface area contributed by atoms with Crippen molar-refractivity contribution in [3.05, 3.63) is 63.1 Å². The second-order valence-electron chi connectivity index (χ2n) is 8.94. The highest BCUT2D eigenvalue weighted by Crippen LogP contribution is 2.48. The van der Waals surface area contributed by atoms with E-state index in [0.717, 1.165) is 19.1 Å². The average Bonchev–Trinajstić information content (AvgIpc) is 2.78. The lowest BCUT2D eigenvalue weighted by Gasteiger charge is -2.48. The van der Waals surface area contributed by atoms with E-state index in [9.17, 15) is 23.1 Å². The Kier molecular flexibility index (Phi) is 7.33. The SMILES string of the molecule is COc1ccc2c(c1)[C@@H](C(=O)O)[C@H](c1ccc(Cl)cc1Cl)N([C@H]1CCCC[C@@H]1NS(C)(=O)=O)C2=O. The van der Waals surface area contributed by atoms with Crippen LogP contribution in [-0.2, 0) is 14.8 Å². The van der Waals surface area contributed by atoms with E-state index in [2.05, 4.69) is 4.72 Å². The first kappa shape index (κ1) is 25.8. The molecule has 2 aliphatic rings. The molecule has 0 spiro atoms. The van der Waals surface area contributed by atoms with Gasteiger partial charge in [-0.2, -0.15) is 0 Å². The lowest BCUT2D eigenvalue weighted by Crippen LogP contribution is -2.58. The second-order valence-corrected chi connectivity index (χ2v) is 11.6. The fourth-order valence-electron chi connectivity index (χ4n) is 5.27. The summed E-state index contributed by atoms with van der Waals surface area (Å²) in [6, 6.07) is 7.33.